The van der Waals surface area contributed by atoms with Crippen molar-refractivity contribution >= 4 is 20.5 Å². The van der Waals surface area contributed by atoms with Crippen molar-refractivity contribution < 1.29 is 29.4 Å². The Balaban J connectivity index is 2.33. The van der Waals surface area contributed by atoms with Gasteiger partial charge in [-0.2, -0.15) is 22.1 Å². The predicted molar refractivity (Wildman–Crippen MR) is 54.3 cm³/mol. The summed E-state index contributed by atoms with van der Waals surface area (Å²) in [5.41, 5.74) is 0. The molecule has 98 valence electrons. The summed E-state index contributed by atoms with van der Waals surface area (Å²) in [6, 6.07) is 1.70. The molecule has 0 aliphatic carbocycles. The molecule has 1 fully saturated rings. The van der Waals surface area contributed by atoms with E-state index in [2.05, 4.69) is 12.5 Å². The molecule has 0 radical (unpaired) electrons. The third kappa shape index (κ3) is 5.42. The van der Waals surface area contributed by atoms with Gasteiger partial charge in [-0.05, 0) is 6.42 Å². The largest absolute Gasteiger partial charge is 0.399 e. The molecular formula is C7H11NO7S2. The highest BCUT2D eigenvalue weighted by Gasteiger charge is 2.30. The van der Waals surface area contributed by atoms with E-state index in [4.69, 9.17) is 5.26 Å². The maximum atomic E-state index is 11.1. The fraction of sp³-hybridized carbons (Fsp3) is 0.857. The molecular weight excluding hydrogens is 274 g/mol. The summed E-state index contributed by atoms with van der Waals surface area (Å²) in [6.45, 7) is -0.725. The van der Waals surface area contributed by atoms with Crippen molar-refractivity contribution in [2.24, 2.45) is 0 Å². The van der Waals surface area contributed by atoms with E-state index in [-0.39, 0.29) is 25.2 Å². The van der Waals surface area contributed by atoms with Gasteiger partial charge in [-0.25, -0.2) is 8.37 Å². The summed E-state index contributed by atoms with van der Waals surface area (Å²) in [7, 11) is -7.75. The molecule has 1 heterocycles. The minimum atomic E-state index is -4.20. The molecule has 1 unspecified atom stereocenters. The van der Waals surface area contributed by atoms with E-state index >= 15 is 0 Å². The molecule has 0 aromatic rings. The van der Waals surface area contributed by atoms with Crippen LogP contribution in [0.4, 0.5) is 0 Å². The third-order valence-corrected chi connectivity index (χ3v) is 3.99. The zero-order valence-corrected chi connectivity index (χ0v) is 10.4. The number of rotatable bonds is 6. The van der Waals surface area contributed by atoms with E-state index in [1.54, 1.807) is 6.07 Å². The first kappa shape index (κ1) is 14.3. The van der Waals surface area contributed by atoms with Gasteiger partial charge in [0.2, 0.25) is 0 Å². The molecule has 8 nitrogen and oxygen atoms in total. The Hall–Kier alpha value is -0.730. The van der Waals surface area contributed by atoms with E-state index in [0.29, 0.717) is 0 Å². The third-order valence-electron chi connectivity index (χ3n) is 1.81. The molecule has 0 saturated carbocycles. The molecule has 1 saturated heterocycles. The highest BCUT2D eigenvalue weighted by molar-refractivity contribution is 7.86. The van der Waals surface area contributed by atoms with Crippen LogP contribution in [0.1, 0.15) is 12.8 Å². The summed E-state index contributed by atoms with van der Waals surface area (Å²) >= 11 is 0. The summed E-state index contributed by atoms with van der Waals surface area (Å²) in [6.07, 6.45) is -0.721. The van der Waals surface area contributed by atoms with Crippen molar-refractivity contribution in [1.82, 2.24) is 0 Å². The zero-order valence-electron chi connectivity index (χ0n) is 8.73. The lowest BCUT2D eigenvalue weighted by molar-refractivity contribution is 0.132. The highest BCUT2D eigenvalue weighted by atomic mass is 32.3. The van der Waals surface area contributed by atoms with Crippen LogP contribution in [0.25, 0.3) is 0 Å². The van der Waals surface area contributed by atoms with Crippen LogP contribution in [0.3, 0.4) is 0 Å². The highest BCUT2D eigenvalue weighted by Crippen LogP contribution is 2.16. The first-order valence-corrected chi connectivity index (χ1v) is 7.57. The second kappa shape index (κ2) is 5.74. The summed E-state index contributed by atoms with van der Waals surface area (Å²) in [4.78, 5) is 0. The van der Waals surface area contributed by atoms with Crippen molar-refractivity contribution in [2.75, 3.05) is 19.0 Å². The van der Waals surface area contributed by atoms with E-state index in [9.17, 15) is 16.8 Å². The average Bonchev–Trinajstić information content (AvgIpc) is 2.56. The van der Waals surface area contributed by atoms with Gasteiger partial charge in [0, 0.05) is 0 Å². The molecule has 17 heavy (non-hydrogen) atoms. The Bertz CT molecular complexity index is 489. The predicted octanol–water partition coefficient (Wildman–Crippen LogP) is -0.703. The maximum Gasteiger partial charge on any atom is 0.399 e. The van der Waals surface area contributed by atoms with Gasteiger partial charge in [0.25, 0.3) is 10.1 Å². The Morgan fingerprint density at radius 2 is 2.12 bits per heavy atom. The number of hydrogen-bond acceptors (Lipinski definition) is 8. The van der Waals surface area contributed by atoms with Gasteiger partial charge in [0.1, 0.15) is 6.10 Å². The van der Waals surface area contributed by atoms with E-state index in [1.165, 1.54) is 0 Å². The van der Waals surface area contributed by atoms with Crippen LogP contribution < -0.4 is 0 Å². The van der Waals surface area contributed by atoms with Crippen molar-refractivity contribution in [3.63, 3.8) is 0 Å². The minimum absolute atomic E-state index is 0.0864. The summed E-state index contributed by atoms with van der Waals surface area (Å²) in [5.74, 6) is -0.156. The van der Waals surface area contributed by atoms with Crippen molar-refractivity contribution in [1.29, 1.82) is 5.26 Å². The van der Waals surface area contributed by atoms with Gasteiger partial charge in [0.05, 0.1) is 31.5 Å². The Morgan fingerprint density at radius 1 is 1.41 bits per heavy atom. The van der Waals surface area contributed by atoms with Gasteiger partial charge in [0.15, 0.2) is 0 Å². The van der Waals surface area contributed by atoms with Crippen LogP contribution in [0.2, 0.25) is 0 Å². The maximum absolute atomic E-state index is 11.1. The van der Waals surface area contributed by atoms with Crippen LogP contribution in [0, 0.1) is 11.3 Å². The molecule has 0 aromatic heterocycles. The fourth-order valence-corrected chi connectivity index (χ4v) is 2.96. The molecule has 0 N–H and O–H groups in total. The summed E-state index contributed by atoms with van der Waals surface area (Å²) in [5, 5.41) is 8.17. The van der Waals surface area contributed by atoms with E-state index in [1.807, 2.05) is 0 Å². The minimum Gasteiger partial charge on any atom is -0.264 e. The molecule has 1 aliphatic heterocycles. The Morgan fingerprint density at radius 3 is 2.65 bits per heavy atom. The zero-order chi connectivity index (χ0) is 12.9. The number of nitrogens with zero attached hydrogens (tertiary/aromatic N) is 1. The van der Waals surface area contributed by atoms with Gasteiger partial charge < -0.3 is 0 Å². The molecule has 10 heteroatoms. The fourth-order valence-electron chi connectivity index (χ4n) is 1.07. The molecule has 1 atom stereocenters. The van der Waals surface area contributed by atoms with Gasteiger partial charge in [-0.1, -0.05) is 0 Å². The molecule has 1 rings (SSSR count). The molecule has 1 aliphatic rings. The average molecular weight is 285 g/mol. The van der Waals surface area contributed by atoms with Crippen molar-refractivity contribution in [2.45, 2.75) is 18.9 Å². The van der Waals surface area contributed by atoms with E-state index in [0.717, 1.165) is 0 Å². The first-order chi connectivity index (χ1) is 7.85. The van der Waals surface area contributed by atoms with Crippen LogP contribution in [-0.2, 0) is 33.1 Å². The Kier molecular flexibility index (Phi) is 4.84. The second-order valence-electron chi connectivity index (χ2n) is 3.19. The lowest BCUT2D eigenvalue weighted by Gasteiger charge is -2.08. The van der Waals surface area contributed by atoms with Crippen LogP contribution in [-0.4, -0.2) is 41.9 Å². The van der Waals surface area contributed by atoms with Crippen molar-refractivity contribution in [3.05, 3.63) is 0 Å². The lowest BCUT2D eigenvalue weighted by atomic mass is 10.3. The monoisotopic (exact) mass is 285 g/mol. The smallest absolute Gasteiger partial charge is 0.264 e. The standard InChI is InChI=1S/C7H11NO7S2/c8-3-1-4-13-17(11,12)14-6-7-2-5-16(9,10)15-7/h7H,1-2,4-6H2. The molecule has 0 amide bonds. The van der Waals surface area contributed by atoms with Crippen LogP contribution >= 0.6 is 0 Å². The van der Waals surface area contributed by atoms with Gasteiger partial charge in [-0.3, -0.25) is 4.18 Å². The number of nitriles is 1. The molecule has 0 aromatic carbocycles. The molecule has 0 bridgehead atoms. The normalized spacial score (nSPS) is 23.4. The molecule has 0 spiro atoms. The van der Waals surface area contributed by atoms with Gasteiger partial charge in [-0.15, -0.1) is 0 Å². The van der Waals surface area contributed by atoms with Crippen molar-refractivity contribution in [3.8, 4) is 6.07 Å². The SMILES string of the molecule is N#CCCOS(=O)(=O)OCC1CCS(=O)(=O)O1. The second-order valence-corrected chi connectivity index (χ2v) is 6.20. The lowest BCUT2D eigenvalue weighted by Crippen LogP contribution is -2.20. The van der Waals surface area contributed by atoms with E-state index < -0.39 is 33.2 Å². The van der Waals surface area contributed by atoms with Gasteiger partial charge >= 0.3 is 10.4 Å². The Labute approximate surface area is 99.5 Å². The van der Waals surface area contributed by atoms with Crippen LogP contribution in [0.5, 0.6) is 0 Å². The van der Waals surface area contributed by atoms with Crippen LogP contribution in [0.15, 0.2) is 0 Å². The number of hydrogen-bond donors (Lipinski definition) is 0. The summed E-state index contributed by atoms with van der Waals surface area (Å²) < 4.78 is 57.1. The first-order valence-electron chi connectivity index (χ1n) is 4.66. The quantitative estimate of drug-likeness (QED) is 0.464. The topological polar surface area (TPSA) is 120 Å².